The number of hydrogen-bond acceptors (Lipinski definition) is 3. The smallest absolute Gasteiger partial charge is 0.236 e. The Labute approximate surface area is 35.5 Å². The zero-order chi connectivity index (χ0) is 4.41. The van der Waals surface area contributed by atoms with Gasteiger partial charge in [0, 0.05) is 0 Å². The summed E-state index contributed by atoms with van der Waals surface area (Å²) >= 11 is 0. The summed E-state index contributed by atoms with van der Waals surface area (Å²) in [5, 5.41) is 8.25. The predicted molar refractivity (Wildman–Crippen MR) is 17.3 cm³/mol. The molecule has 7 heavy (non-hydrogen) atoms. The van der Waals surface area contributed by atoms with E-state index in [1.54, 1.807) is 0 Å². The van der Waals surface area contributed by atoms with Crippen molar-refractivity contribution >= 4 is 0 Å². The van der Waals surface area contributed by atoms with Crippen molar-refractivity contribution in [1.29, 1.82) is 0 Å². The van der Waals surface area contributed by atoms with Crippen molar-refractivity contribution in [3.05, 3.63) is 6.61 Å². The van der Waals surface area contributed by atoms with Crippen molar-refractivity contribution in [3.8, 4) is 0 Å². The van der Waals surface area contributed by atoms with E-state index in [0.717, 1.165) is 0 Å². The molecule has 0 saturated carbocycles. The fraction of sp³-hybridized carbons (Fsp3) is 0.667. The zero-order valence-electron chi connectivity index (χ0n) is 3.83. The van der Waals surface area contributed by atoms with E-state index in [4.69, 9.17) is 5.11 Å². The third-order valence-corrected chi connectivity index (χ3v) is 0.519. The molecule has 1 rings (SSSR count). The van der Waals surface area contributed by atoms with Crippen LogP contribution in [0.2, 0.25) is 0 Å². The Morgan fingerprint density at radius 2 is 2.43 bits per heavy atom. The molecule has 3 nitrogen and oxygen atoms in total. The van der Waals surface area contributed by atoms with Crippen LogP contribution in [-0.4, -0.2) is 18.2 Å². The largest absolute Gasteiger partial charge is 0.506 e. The molecule has 1 N–H and O–H groups in total. The second-order valence-electron chi connectivity index (χ2n) is 0.943. The maximum atomic E-state index is 8.25. The molecule has 38 valence electrons. The van der Waals surface area contributed by atoms with Crippen LogP contribution in [0, 0.1) is 6.61 Å². The average Bonchev–Trinajstić information content (AvgIpc) is 1.86. The molecule has 1 heterocycles. The summed E-state index contributed by atoms with van der Waals surface area (Å²) in [7, 11) is 0. The van der Waals surface area contributed by atoms with Crippen molar-refractivity contribution in [1.82, 2.24) is 0 Å². The summed E-state index contributed by atoms with van der Waals surface area (Å²) in [6.45, 7) is 0.788. The van der Waals surface area contributed by atoms with Crippen molar-refractivity contribution in [2.45, 2.75) is 6.48 Å². The molecule has 1 atom stereocenters. The van der Waals surface area contributed by atoms with E-state index in [-0.39, 0.29) is 0 Å². The minimum Gasteiger partial charge on any atom is -0.506 e. The van der Waals surface area contributed by atoms with Gasteiger partial charge < -0.3 is 14.6 Å². The predicted octanol–water partition coefficient (Wildman–Crippen LogP) is -0.529. The first-order valence-corrected chi connectivity index (χ1v) is 1.66. The molecule has 1 saturated heterocycles. The van der Waals surface area contributed by atoms with Crippen LogP contribution in [0.3, 0.4) is 0 Å². The van der Waals surface area contributed by atoms with Crippen molar-refractivity contribution in [3.63, 3.8) is 0 Å². The molecule has 1 unspecified atom stereocenters. The Bertz CT molecular complexity index is 43.4. The molecule has 0 spiro atoms. The molecule has 0 aromatic heterocycles. The standard InChI is InChI=1S/C3H5O3.Rf/c4-3-5-1-2-6-3;/h1,3-4H,2H2;/q-1;. The molecule has 1 aliphatic heterocycles. The van der Waals surface area contributed by atoms with Gasteiger partial charge in [0.15, 0.2) is 0 Å². The molecule has 1 fully saturated rings. The van der Waals surface area contributed by atoms with Gasteiger partial charge in [-0.15, -0.1) is 0 Å². The third kappa shape index (κ3) is 1.17. The van der Waals surface area contributed by atoms with Gasteiger partial charge in [-0.05, 0) is 6.61 Å². The van der Waals surface area contributed by atoms with Crippen LogP contribution in [0.25, 0.3) is 0 Å². The first kappa shape index (κ1) is 5.88. The van der Waals surface area contributed by atoms with Gasteiger partial charge in [-0.25, -0.2) is 0 Å². The number of rotatable bonds is 0. The van der Waals surface area contributed by atoms with Gasteiger partial charge in [-0.1, -0.05) is 0 Å². The summed E-state index contributed by atoms with van der Waals surface area (Å²) in [4.78, 5) is 0. The van der Waals surface area contributed by atoms with Gasteiger partial charge in [0.2, 0.25) is 6.48 Å². The molecule has 0 radical (unpaired) electrons. The van der Waals surface area contributed by atoms with E-state index >= 15 is 0 Å². The van der Waals surface area contributed by atoms with E-state index in [0.29, 0.717) is 6.61 Å². The molecular weight excluding hydrogens is 351 g/mol. The SMILES string of the molecule is OC1O[CH-]CO1.[Rf]. The van der Waals surface area contributed by atoms with Crippen LogP contribution in [0.4, 0.5) is 0 Å². The fourth-order valence-corrected chi connectivity index (χ4v) is 0.282. The molecular formula is C3H5O3Rf-. The van der Waals surface area contributed by atoms with E-state index < -0.39 is 6.48 Å². The summed E-state index contributed by atoms with van der Waals surface area (Å²) in [6.07, 6.45) is 0. The topological polar surface area (TPSA) is 38.7 Å². The quantitative estimate of drug-likeness (QED) is 0.594. The number of aliphatic hydroxyl groups excluding tert-OH is 1. The average molecular weight is 356 g/mol. The number of hydrogen-bond donors (Lipinski definition) is 1. The maximum absolute atomic E-state index is 8.25. The van der Waals surface area contributed by atoms with Crippen molar-refractivity contribution in [2.75, 3.05) is 6.61 Å². The molecule has 1 aliphatic rings. The Balaban J connectivity index is 0.000000360. The minimum absolute atomic E-state index is 0. The van der Waals surface area contributed by atoms with E-state index in [2.05, 4.69) is 9.47 Å². The monoisotopic (exact) mass is 356 g/mol. The van der Waals surface area contributed by atoms with E-state index in [9.17, 15) is 0 Å². The molecule has 4 heteroatoms. The van der Waals surface area contributed by atoms with Gasteiger partial charge in [0.05, 0.1) is 0 Å². The van der Waals surface area contributed by atoms with Gasteiger partial charge in [-0.2, -0.15) is 6.61 Å². The second kappa shape index (κ2) is 2.12. The van der Waals surface area contributed by atoms with Crippen molar-refractivity contribution in [2.24, 2.45) is 0 Å². The molecule has 0 amide bonds. The van der Waals surface area contributed by atoms with Gasteiger partial charge in [0.1, 0.15) is 0 Å². The summed E-state index contributed by atoms with van der Waals surface area (Å²) in [5.74, 6) is 0. The summed E-state index contributed by atoms with van der Waals surface area (Å²) in [5.41, 5.74) is 0. The maximum Gasteiger partial charge on any atom is 0.236 e. The molecule has 0 bridgehead atoms. The normalized spacial score (nSPS) is 29.6. The number of aliphatic hydroxyl groups is 1. The van der Waals surface area contributed by atoms with E-state index in [1.807, 2.05) is 0 Å². The Kier molecular flexibility index (Phi) is 1.78. The zero-order valence-corrected chi connectivity index (χ0v) is 10.2. The Morgan fingerprint density at radius 1 is 1.71 bits per heavy atom. The fourth-order valence-electron chi connectivity index (χ4n) is 0.282. The summed E-state index contributed by atoms with van der Waals surface area (Å²) < 4.78 is 8.79. The molecule has 0 aromatic carbocycles. The van der Waals surface area contributed by atoms with Crippen molar-refractivity contribution < 1.29 is 14.6 Å². The second-order valence-corrected chi connectivity index (χ2v) is 0.943. The Hall–Kier alpha value is -1.12. The van der Waals surface area contributed by atoms with Crippen LogP contribution < -0.4 is 0 Å². The number of ether oxygens (including phenoxy) is 2. The minimum atomic E-state index is -1.01. The molecule has 0 aliphatic carbocycles. The van der Waals surface area contributed by atoms with Gasteiger partial charge in [-0.3, -0.25) is 0 Å². The first-order chi connectivity index (χ1) is 2.89. The van der Waals surface area contributed by atoms with Gasteiger partial charge >= 0.3 is 0 Å². The summed E-state index contributed by atoms with van der Waals surface area (Å²) in [6, 6.07) is 0. The molecule has 0 aromatic rings. The third-order valence-electron chi connectivity index (χ3n) is 0.519. The van der Waals surface area contributed by atoms with Crippen LogP contribution in [0.15, 0.2) is 0 Å². The van der Waals surface area contributed by atoms with Crippen LogP contribution in [0.5, 0.6) is 0 Å². The van der Waals surface area contributed by atoms with Crippen LogP contribution in [-0.2, 0) is 9.47 Å². The Morgan fingerprint density at radius 3 is 2.57 bits per heavy atom. The van der Waals surface area contributed by atoms with Crippen LogP contribution >= 0.6 is 0 Å². The van der Waals surface area contributed by atoms with E-state index in [1.165, 1.54) is 6.61 Å². The van der Waals surface area contributed by atoms with Gasteiger partial charge in [0.25, 0.3) is 0 Å². The first-order valence-electron chi connectivity index (χ1n) is 1.66. The van der Waals surface area contributed by atoms with Crippen LogP contribution in [0.1, 0.15) is 0 Å².